The largest absolute Gasteiger partial charge is 0.399 e. The number of hydrogen-bond acceptors (Lipinski definition) is 2. The van der Waals surface area contributed by atoms with Crippen LogP contribution in [0, 0.1) is 0 Å². The van der Waals surface area contributed by atoms with Crippen LogP contribution in [0.1, 0.15) is 56.6 Å². The molecule has 0 saturated carbocycles. The lowest BCUT2D eigenvalue weighted by molar-refractivity contribution is 0.0268. The monoisotopic (exact) mass is 233 g/mol. The van der Waals surface area contributed by atoms with E-state index in [1.54, 1.807) is 0 Å². The molecule has 1 atom stereocenters. The average molecular weight is 233 g/mol. The first-order valence-corrected chi connectivity index (χ1v) is 6.77. The molecule has 0 amide bonds. The fourth-order valence-corrected chi connectivity index (χ4v) is 2.85. The van der Waals surface area contributed by atoms with Crippen molar-refractivity contribution in [2.45, 2.75) is 57.5 Å². The van der Waals surface area contributed by atoms with Gasteiger partial charge in [-0.2, -0.15) is 0 Å². The second-order valence-electron chi connectivity index (χ2n) is 5.26. The van der Waals surface area contributed by atoms with Gasteiger partial charge in [0, 0.05) is 5.69 Å². The van der Waals surface area contributed by atoms with Crippen molar-refractivity contribution in [3.63, 3.8) is 0 Å². The van der Waals surface area contributed by atoms with E-state index in [9.17, 15) is 5.11 Å². The Morgan fingerprint density at radius 3 is 2.88 bits per heavy atom. The molecule has 0 bridgehead atoms. The predicted octanol–water partition coefficient (Wildman–Crippen LogP) is 3.37. The molecule has 17 heavy (non-hydrogen) atoms. The second kappa shape index (κ2) is 5.09. The van der Waals surface area contributed by atoms with E-state index < -0.39 is 5.60 Å². The van der Waals surface area contributed by atoms with Gasteiger partial charge in [0.2, 0.25) is 0 Å². The van der Waals surface area contributed by atoms with Crippen LogP contribution in [0.3, 0.4) is 0 Å². The van der Waals surface area contributed by atoms with Gasteiger partial charge in [0.1, 0.15) is 0 Å². The summed E-state index contributed by atoms with van der Waals surface area (Å²) in [7, 11) is 0. The Labute approximate surface area is 104 Å². The predicted molar refractivity (Wildman–Crippen MR) is 71.8 cm³/mol. The van der Waals surface area contributed by atoms with E-state index in [4.69, 9.17) is 5.73 Å². The van der Waals surface area contributed by atoms with Crippen LogP contribution in [0.15, 0.2) is 18.2 Å². The minimum absolute atomic E-state index is 0.587. The maximum Gasteiger partial charge on any atom is 0.0902 e. The van der Waals surface area contributed by atoms with Crippen molar-refractivity contribution < 1.29 is 5.11 Å². The first-order valence-electron chi connectivity index (χ1n) is 6.77. The number of nitrogen functional groups attached to an aromatic ring is 1. The van der Waals surface area contributed by atoms with Crippen LogP contribution in [0.25, 0.3) is 0 Å². The molecule has 0 heterocycles. The number of anilines is 1. The van der Waals surface area contributed by atoms with Crippen molar-refractivity contribution in [1.82, 2.24) is 0 Å². The molecule has 0 saturated heterocycles. The van der Waals surface area contributed by atoms with Crippen LogP contribution in [-0.4, -0.2) is 5.11 Å². The summed E-state index contributed by atoms with van der Waals surface area (Å²) >= 11 is 0. The molecule has 0 aliphatic heterocycles. The molecule has 2 heteroatoms. The van der Waals surface area contributed by atoms with E-state index in [0.29, 0.717) is 0 Å². The van der Waals surface area contributed by atoms with Gasteiger partial charge in [-0.05, 0) is 42.5 Å². The molecule has 0 spiro atoms. The van der Waals surface area contributed by atoms with Crippen LogP contribution in [0.5, 0.6) is 0 Å². The fraction of sp³-hybridized carbons (Fsp3) is 0.600. The van der Waals surface area contributed by atoms with Crippen molar-refractivity contribution in [1.29, 1.82) is 0 Å². The van der Waals surface area contributed by atoms with Crippen LogP contribution in [0.4, 0.5) is 5.69 Å². The second-order valence-corrected chi connectivity index (χ2v) is 5.26. The molecule has 0 fully saturated rings. The van der Waals surface area contributed by atoms with E-state index >= 15 is 0 Å². The first kappa shape index (κ1) is 12.4. The van der Waals surface area contributed by atoms with Crippen molar-refractivity contribution in [2.24, 2.45) is 0 Å². The van der Waals surface area contributed by atoms with Crippen molar-refractivity contribution in [3.8, 4) is 0 Å². The van der Waals surface area contributed by atoms with Gasteiger partial charge < -0.3 is 10.8 Å². The lowest BCUT2D eigenvalue weighted by Crippen LogP contribution is -2.22. The molecule has 2 rings (SSSR count). The SMILES string of the molecule is CCCCCCC1(O)CCc2cc(N)ccc21. The molecular formula is C15H23NO. The van der Waals surface area contributed by atoms with Gasteiger partial charge in [-0.15, -0.1) is 0 Å². The maximum absolute atomic E-state index is 10.7. The average Bonchev–Trinajstić information content (AvgIpc) is 2.63. The Kier molecular flexibility index (Phi) is 3.72. The number of aryl methyl sites for hydroxylation is 1. The van der Waals surface area contributed by atoms with Gasteiger partial charge >= 0.3 is 0 Å². The zero-order valence-corrected chi connectivity index (χ0v) is 10.7. The molecule has 0 aromatic heterocycles. The van der Waals surface area contributed by atoms with Crippen LogP contribution < -0.4 is 5.73 Å². The maximum atomic E-state index is 10.7. The molecular weight excluding hydrogens is 210 g/mol. The Bertz CT molecular complexity index is 389. The summed E-state index contributed by atoms with van der Waals surface area (Å²) in [5.41, 5.74) is 8.35. The fourth-order valence-electron chi connectivity index (χ4n) is 2.85. The zero-order valence-electron chi connectivity index (χ0n) is 10.7. The lowest BCUT2D eigenvalue weighted by Gasteiger charge is -2.24. The zero-order chi connectivity index (χ0) is 12.3. The third kappa shape index (κ3) is 2.63. The summed E-state index contributed by atoms with van der Waals surface area (Å²) in [5, 5.41) is 10.7. The van der Waals surface area contributed by atoms with Crippen molar-refractivity contribution in [3.05, 3.63) is 29.3 Å². The van der Waals surface area contributed by atoms with Crippen LogP contribution in [0.2, 0.25) is 0 Å². The molecule has 0 radical (unpaired) electrons. The summed E-state index contributed by atoms with van der Waals surface area (Å²) in [4.78, 5) is 0. The molecule has 1 unspecified atom stereocenters. The number of benzene rings is 1. The Morgan fingerprint density at radius 1 is 1.29 bits per heavy atom. The van der Waals surface area contributed by atoms with Crippen molar-refractivity contribution >= 4 is 5.69 Å². The lowest BCUT2D eigenvalue weighted by atomic mass is 9.90. The summed E-state index contributed by atoms with van der Waals surface area (Å²) in [6, 6.07) is 5.93. The molecule has 94 valence electrons. The topological polar surface area (TPSA) is 46.2 Å². The van der Waals surface area contributed by atoms with Crippen molar-refractivity contribution in [2.75, 3.05) is 5.73 Å². The molecule has 3 N–H and O–H groups in total. The minimum Gasteiger partial charge on any atom is -0.399 e. The summed E-state index contributed by atoms with van der Waals surface area (Å²) in [5.74, 6) is 0. The third-order valence-electron chi connectivity index (χ3n) is 3.88. The first-order chi connectivity index (χ1) is 8.15. The molecule has 1 aromatic carbocycles. The van der Waals surface area contributed by atoms with E-state index in [-0.39, 0.29) is 0 Å². The number of unbranched alkanes of at least 4 members (excludes halogenated alkanes) is 3. The summed E-state index contributed by atoms with van der Waals surface area (Å²) in [6.45, 7) is 2.21. The number of hydrogen-bond donors (Lipinski definition) is 2. The highest BCUT2D eigenvalue weighted by atomic mass is 16.3. The summed E-state index contributed by atoms with van der Waals surface area (Å²) < 4.78 is 0. The van der Waals surface area contributed by atoms with Gasteiger partial charge in [0.05, 0.1) is 5.60 Å². The molecule has 1 aliphatic rings. The quantitative estimate of drug-likeness (QED) is 0.605. The number of nitrogens with two attached hydrogens (primary N) is 1. The third-order valence-corrected chi connectivity index (χ3v) is 3.88. The van der Waals surface area contributed by atoms with E-state index in [2.05, 4.69) is 6.92 Å². The summed E-state index contributed by atoms with van der Waals surface area (Å²) in [6.07, 6.45) is 7.57. The number of aliphatic hydroxyl groups is 1. The van der Waals surface area contributed by atoms with Gasteiger partial charge in [-0.1, -0.05) is 38.7 Å². The number of fused-ring (bicyclic) bond motifs is 1. The highest BCUT2D eigenvalue weighted by Crippen LogP contribution is 2.41. The normalized spacial score (nSPS) is 22.7. The smallest absolute Gasteiger partial charge is 0.0902 e. The van der Waals surface area contributed by atoms with Crippen LogP contribution >= 0.6 is 0 Å². The molecule has 2 nitrogen and oxygen atoms in total. The highest BCUT2D eigenvalue weighted by Gasteiger charge is 2.35. The van der Waals surface area contributed by atoms with E-state index in [0.717, 1.165) is 36.9 Å². The van der Waals surface area contributed by atoms with E-state index in [1.807, 2.05) is 18.2 Å². The van der Waals surface area contributed by atoms with Gasteiger partial charge in [0.25, 0.3) is 0 Å². The van der Waals surface area contributed by atoms with Gasteiger partial charge in [-0.25, -0.2) is 0 Å². The Hall–Kier alpha value is -1.02. The van der Waals surface area contributed by atoms with Gasteiger partial charge in [-0.3, -0.25) is 0 Å². The number of rotatable bonds is 5. The van der Waals surface area contributed by atoms with Crippen LogP contribution in [-0.2, 0) is 12.0 Å². The van der Waals surface area contributed by atoms with E-state index in [1.165, 1.54) is 24.8 Å². The molecule has 1 aromatic rings. The Balaban J connectivity index is 2.03. The highest BCUT2D eigenvalue weighted by molar-refractivity contribution is 5.48. The molecule has 1 aliphatic carbocycles. The Morgan fingerprint density at radius 2 is 2.12 bits per heavy atom. The minimum atomic E-state index is -0.587. The van der Waals surface area contributed by atoms with Gasteiger partial charge in [0.15, 0.2) is 0 Å². The standard InChI is InChI=1S/C15H23NO/c1-2-3-4-5-9-15(17)10-8-12-11-13(16)6-7-14(12)15/h6-7,11,17H,2-5,8-10,16H2,1H3.